The molecule has 0 saturated carbocycles. The smallest absolute Gasteiger partial charge is 0.366 e. The van der Waals surface area contributed by atoms with Crippen LogP contribution in [0.25, 0.3) is 32.2 Å². The molecule has 0 spiro atoms. The van der Waals surface area contributed by atoms with E-state index in [-0.39, 0.29) is 23.7 Å². The van der Waals surface area contributed by atoms with Crippen LogP contribution in [0.15, 0.2) is 66.0 Å². The Kier molecular flexibility index (Phi) is 5.59. The zero-order chi connectivity index (χ0) is 25.8. The third-order valence-electron chi connectivity index (χ3n) is 5.85. The molecule has 0 unspecified atom stereocenters. The Labute approximate surface area is 204 Å². The summed E-state index contributed by atoms with van der Waals surface area (Å²) in [5, 5.41) is 2.80. The Morgan fingerprint density at radius 3 is 2.19 bits per heavy atom. The van der Waals surface area contributed by atoms with Crippen LogP contribution in [0.4, 0.5) is 26.3 Å². The van der Waals surface area contributed by atoms with Gasteiger partial charge in [0.05, 0.1) is 22.2 Å². The molecule has 10 heteroatoms. The van der Waals surface area contributed by atoms with Crippen molar-refractivity contribution >= 4 is 39.0 Å². The number of thiophene rings is 1. The second kappa shape index (κ2) is 8.41. The maximum absolute atomic E-state index is 13.4. The average Bonchev–Trinajstić information content (AvgIpc) is 3.45. The van der Waals surface area contributed by atoms with E-state index in [1.807, 2.05) is 17.5 Å². The van der Waals surface area contributed by atoms with Gasteiger partial charge < -0.3 is 10.3 Å². The Balaban J connectivity index is 1.79. The first kappa shape index (κ1) is 23.9. The minimum Gasteiger partial charge on any atom is -0.366 e. The fraction of sp³-hybridized carbons (Fsp3) is 0.115. The molecule has 3 aromatic carbocycles. The number of carbonyl (C=O) groups excluding carboxylic acids is 1. The molecule has 0 aliphatic rings. The zero-order valence-electron chi connectivity index (χ0n) is 18.2. The molecule has 3 nitrogen and oxygen atoms in total. The largest absolute Gasteiger partial charge is 0.416 e. The highest BCUT2D eigenvalue weighted by Gasteiger charge is 2.37. The van der Waals surface area contributed by atoms with Crippen LogP contribution in [0.3, 0.4) is 0 Å². The number of nitrogens with two attached hydrogens (primary N) is 1. The van der Waals surface area contributed by atoms with Crippen molar-refractivity contribution in [3.05, 3.63) is 94.4 Å². The highest BCUT2D eigenvalue weighted by Crippen LogP contribution is 2.39. The van der Waals surface area contributed by atoms with Gasteiger partial charge in [-0.3, -0.25) is 4.79 Å². The highest BCUT2D eigenvalue weighted by molar-refractivity contribution is 7.13. The minimum absolute atomic E-state index is 0.100. The van der Waals surface area contributed by atoms with Gasteiger partial charge in [-0.05, 0) is 71.1 Å². The summed E-state index contributed by atoms with van der Waals surface area (Å²) in [4.78, 5) is 13.0. The van der Waals surface area contributed by atoms with Crippen molar-refractivity contribution in [1.29, 1.82) is 0 Å². The summed E-state index contributed by atoms with van der Waals surface area (Å²) < 4.78 is 82.2. The van der Waals surface area contributed by atoms with E-state index in [1.165, 1.54) is 17.4 Å². The van der Waals surface area contributed by atoms with Crippen LogP contribution in [0.2, 0.25) is 0 Å². The Morgan fingerprint density at radius 1 is 0.917 bits per heavy atom. The van der Waals surface area contributed by atoms with Gasteiger partial charge in [-0.15, -0.1) is 11.3 Å². The quantitative estimate of drug-likeness (QED) is 0.247. The fourth-order valence-corrected chi connectivity index (χ4v) is 5.02. The van der Waals surface area contributed by atoms with Crippen molar-refractivity contribution in [2.45, 2.75) is 18.9 Å². The number of amides is 1. The lowest BCUT2D eigenvalue weighted by molar-refractivity contribution is -0.143. The van der Waals surface area contributed by atoms with Gasteiger partial charge in [-0.1, -0.05) is 12.1 Å². The van der Waals surface area contributed by atoms with Crippen LogP contribution >= 0.6 is 11.3 Å². The van der Waals surface area contributed by atoms with E-state index in [0.717, 1.165) is 10.4 Å². The molecule has 0 aliphatic heterocycles. The number of aromatic nitrogens is 1. The predicted molar refractivity (Wildman–Crippen MR) is 126 cm³/mol. The minimum atomic E-state index is -4.96. The van der Waals surface area contributed by atoms with Crippen LogP contribution in [-0.2, 0) is 18.9 Å². The van der Waals surface area contributed by atoms with Gasteiger partial charge in [0, 0.05) is 27.8 Å². The number of fused-ring (bicyclic) bond motifs is 3. The van der Waals surface area contributed by atoms with Gasteiger partial charge in [0.2, 0.25) is 5.91 Å². The van der Waals surface area contributed by atoms with Gasteiger partial charge in [0.15, 0.2) is 0 Å². The van der Waals surface area contributed by atoms with Crippen molar-refractivity contribution in [3.63, 3.8) is 0 Å². The van der Waals surface area contributed by atoms with E-state index >= 15 is 0 Å². The van der Waals surface area contributed by atoms with Crippen molar-refractivity contribution in [2.24, 2.45) is 5.73 Å². The number of hydrogen-bond acceptors (Lipinski definition) is 2. The van der Waals surface area contributed by atoms with Gasteiger partial charge >= 0.3 is 12.4 Å². The number of carbonyl (C=O) groups is 1. The zero-order valence-corrected chi connectivity index (χ0v) is 19.0. The third-order valence-corrected chi connectivity index (χ3v) is 6.77. The topological polar surface area (TPSA) is 48.0 Å². The summed E-state index contributed by atoms with van der Waals surface area (Å²) in [6.07, 6.45) is -9.92. The van der Waals surface area contributed by atoms with Gasteiger partial charge in [-0.2, -0.15) is 26.3 Å². The first-order valence-corrected chi connectivity index (χ1v) is 11.4. The van der Waals surface area contributed by atoms with Gasteiger partial charge in [0.25, 0.3) is 0 Å². The first-order chi connectivity index (χ1) is 16.9. The first-order valence-electron chi connectivity index (χ1n) is 10.5. The van der Waals surface area contributed by atoms with E-state index in [2.05, 4.69) is 6.07 Å². The summed E-state index contributed by atoms with van der Waals surface area (Å²) in [6.45, 7) is -0.309. The molecule has 5 rings (SSSR count). The van der Waals surface area contributed by atoms with Crippen molar-refractivity contribution in [2.75, 3.05) is 0 Å². The molecule has 0 atom stereocenters. The Morgan fingerprint density at radius 2 is 1.61 bits per heavy atom. The number of nitrogens with zero attached hydrogens (tertiary/aromatic N) is 1. The van der Waals surface area contributed by atoms with Crippen LogP contribution in [0.5, 0.6) is 0 Å². The molecule has 2 heterocycles. The molecule has 5 aromatic rings. The molecule has 0 fully saturated rings. The number of primary amides is 1. The molecular weight excluding hydrogens is 502 g/mol. The molecule has 2 N–H and O–H groups in total. The van der Waals surface area contributed by atoms with Gasteiger partial charge in [0.1, 0.15) is 0 Å². The van der Waals surface area contributed by atoms with Crippen LogP contribution in [0.1, 0.15) is 27.0 Å². The lowest BCUT2D eigenvalue weighted by atomic mass is 10.0. The maximum Gasteiger partial charge on any atom is 0.416 e. The number of halogens is 6. The average molecular weight is 517 g/mol. The van der Waals surface area contributed by atoms with Crippen molar-refractivity contribution in [1.82, 2.24) is 4.57 Å². The normalized spacial score (nSPS) is 12.5. The fourth-order valence-electron chi connectivity index (χ4n) is 4.31. The number of benzene rings is 3. The Hall–Kier alpha value is -3.79. The molecular formula is C26H15F6N2OS. The van der Waals surface area contributed by atoms with Crippen molar-refractivity contribution in [3.8, 4) is 10.4 Å². The SMILES string of the molecule is NC(=O)c1cccc2c1c1[c]cc(-c3cccs3)cc1n2Cc1cc(C(F)(F)F)cc(C(F)(F)F)c1. The summed E-state index contributed by atoms with van der Waals surface area (Å²) in [7, 11) is 0. The summed E-state index contributed by atoms with van der Waals surface area (Å²) in [5.41, 5.74) is 4.46. The summed E-state index contributed by atoms with van der Waals surface area (Å²) >= 11 is 1.47. The summed E-state index contributed by atoms with van der Waals surface area (Å²) in [6, 6.07) is 16.6. The van der Waals surface area contributed by atoms with Gasteiger partial charge in [-0.25, -0.2) is 0 Å². The number of rotatable bonds is 4. The monoisotopic (exact) mass is 517 g/mol. The molecule has 36 heavy (non-hydrogen) atoms. The molecule has 0 saturated heterocycles. The van der Waals surface area contributed by atoms with Crippen molar-refractivity contribution < 1.29 is 31.1 Å². The van der Waals surface area contributed by atoms with E-state index in [4.69, 9.17) is 5.73 Å². The standard InChI is InChI=1S/C26H15F6N2OS/c27-25(28,29)16-9-14(10-17(12-16)26(30,31)32)13-34-20-4-1-3-19(24(33)35)23(20)18-7-6-15(11-21(18)34)22-5-2-8-36-22/h1-6,8-12H,13H2,(H2,33,35). The van der Waals surface area contributed by atoms with E-state index < -0.39 is 29.4 Å². The number of hydrogen-bond donors (Lipinski definition) is 1. The second-order valence-corrected chi connectivity index (χ2v) is 9.14. The third kappa shape index (κ3) is 4.21. The van der Waals surface area contributed by atoms with E-state index in [1.54, 1.807) is 28.8 Å². The highest BCUT2D eigenvalue weighted by atomic mass is 32.1. The molecule has 0 aliphatic carbocycles. The molecule has 0 bridgehead atoms. The van der Waals surface area contributed by atoms with E-state index in [0.29, 0.717) is 33.9 Å². The molecule has 183 valence electrons. The lowest BCUT2D eigenvalue weighted by Crippen LogP contribution is -2.13. The lowest BCUT2D eigenvalue weighted by Gasteiger charge is -2.15. The molecule has 2 aromatic heterocycles. The van der Waals surface area contributed by atoms with Crippen LogP contribution in [-0.4, -0.2) is 10.5 Å². The molecule has 1 amide bonds. The van der Waals surface area contributed by atoms with Crippen LogP contribution < -0.4 is 5.73 Å². The summed E-state index contributed by atoms with van der Waals surface area (Å²) in [5.74, 6) is -0.714. The Bertz CT molecular complexity index is 1580. The number of alkyl halides is 6. The maximum atomic E-state index is 13.4. The van der Waals surface area contributed by atoms with E-state index in [9.17, 15) is 31.1 Å². The second-order valence-electron chi connectivity index (χ2n) is 8.19. The molecule has 1 radical (unpaired) electrons. The predicted octanol–water partition coefficient (Wildman–Crippen LogP) is 7.51. The van der Waals surface area contributed by atoms with Crippen LogP contribution in [0, 0.1) is 6.07 Å².